The fourth-order valence-electron chi connectivity index (χ4n) is 2.44. The smallest absolute Gasteiger partial charge is 0.227 e. The van der Waals surface area contributed by atoms with E-state index in [1.54, 1.807) is 25.6 Å². The number of hydrogen-bond acceptors (Lipinski definition) is 5. The molecule has 0 amide bonds. The van der Waals surface area contributed by atoms with Gasteiger partial charge in [-0.2, -0.15) is 0 Å². The summed E-state index contributed by atoms with van der Waals surface area (Å²) in [5, 5.41) is 0. The van der Waals surface area contributed by atoms with E-state index in [0.717, 1.165) is 22.2 Å². The third kappa shape index (κ3) is 2.42. The third-order valence-corrected chi connectivity index (χ3v) is 3.55. The molecule has 0 atom stereocenters. The molecule has 23 heavy (non-hydrogen) atoms. The van der Waals surface area contributed by atoms with Crippen LogP contribution in [0.15, 0.2) is 65.3 Å². The highest BCUT2D eigenvalue weighted by Gasteiger charge is 2.13. The van der Waals surface area contributed by atoms with Crippen LogP contribution in [0.2, 0.25) is 0 Å². The average molecular weight is 303 g/mol. The van der Waals surface area contributed by atoms with Gasteiger partial charge in [0, 0.05) is 18.0 Å². The molecule has 5 nitrogen and oxygen atoms in total. The maximum Gasteiger partial charge on any atom is 0.227 e. The molecule has 0 aliphatic heterocycles. The lowest BCUT2D eigenvalue weighted by Crippen LogP contribution is -1.93. The van der Waals surface area contributed by atoms with Crippen LogP contribution in [0, 0.1) is 0 Å². The van der Waals surface area contributed by atoms with Crippen LogP contribution in [0.25, 0.3) is 33.9 Å². The predicted octanol–water partition coefficient (Wildman–Crippen LogP) is 3.96. The molecule has 0 saturated heterocycles. The summed E-state index contributed by atoms with van der Waals surface area (Å²) in [4.78, 5) is 13.0. The molecule has 0 fully saturated rings. The molecule has 0 radical (unpaired) electrons. The zero-order chi connectivity index (χ0) is 15.6. The van der Waals surface area contributed by atoms with Gasteiger partial charge < -0.3 is 9.15 Å². The molecule has 0 N–H and O–H groups in total. The quantitative estimate of drug-likeness (QED) is 0.573. The molecule has 4 rings (SSSR count). The van der Waals surface area contributed by atoms with Crippen molar-refractivity contribution in [2.45, 2.75) is 0 Å². The van der Waals surface area contributed by atoms with Crippen LogP contribution in [-0.2, 0) is 0 Å². The zero-order valence-electron chi connectivity index (χ0n) is 12.4. The highest BCUT2D eigenvalue weighted by Crippen LogP contribution is 2.33. The third-order valence-electron chi connectivity index (χ3n) is 3.55. The lowest BCUT2D eigenvalue weighted by molar-refractivity contribution is 0.416. The maximum absolute atomic E-state index is 5.80. The number of ether oxygens (including phenoxy) is 1. The van der Waals surface area contributed by atoms with E-state index in [4.69, 9.17) is 9.15 Å². The van der Waals surface area contributed by atoms with Gasteiger partial charge in [-0.15, -0.1) is 0 Å². The van der Waals surface area contributed by atoms with Crippen LogP contribution in [0.1, 0.15) is 0 Å². The van der Waals surface area contributed by atoms with Gasteiger partial charge in [0.15, 0.2) is 11.4 Å². The first-order chi connectivity index (χ1) is 11.3. The summed E-state index contributed by atoms with van der Waals surface area (Å²) >= 11 is 0. The standard InChI is InChI=1S/C18H13N3O2/c1-22-16-11-12(7-8-13(16)17-19-9-4-10-20-17)18-21-14-5-2-3-6-15(14)23-18/h2-11H,1H3. The lowest BCUT2D eigenvalue weighted by Gasteiger charge is -2.08. The van der Waals surface area contributed by atoms with Crippen molar-refractivity contribution < 1.29 is 9.15 Å². The second kappa shape index (κ2) is 5.53. The van der Waals surface area contributed by atoms with Crippen LogP contribution in [0.5, 0.6) is 5.75 Å². The van der Waals surface area contributed by atoms with Gasteiger partial charge in [0.25, 0.3) is 0 Å². The summed E-state index contributed by atoms with van der Waals surface area (Å²) in [6, 6.07) is 15.2. The number of methoxy groups -OCH3 is 1. The summed E-state index contributed by atoms with van der Waals surface area (Å²) in [5.41, 5.74) is 3.26. The minimum Gasteiger partial charge on any atom is -0.496 e. The minimum absolute atomic E-state index is 0.560. The Morgan fingerprint density at radius 3 is 2.57 bits per heavy atom. The van der Waals surface area contributed by atoms with Gasteiger partial charge in [0.1, 0.15) is 11.3 Å². The molecular weight excluding hydrogens is 290 g/mol. The molecule has 0 aliphatic rings. The Bertz CT molecular complexity index is 931. The Balaban J connectivity index is 1.81. The summed E-state index contributed by atoms with van der Waals surface area (Å²) in [5.74, 6) is 1.86. The Morgan fingerprint density at radius 1 is 0.957 bits per heavy atom. The normalized spacial score (nSPS) is 10.8. The molecule has 4 aromatic rings. The van der Waals surface area contributed by atoms with Crippen molar-refractivity contribution in [2.75, 3.05) is 7.11 Å². The summed E-state index contributed by atoms with van der Waals surface area (Å²) in [6.45, 7) is 0. The highest BCUT2D eigenvalue weighted by atomic mass is 16.5. The number of aromatic nitrogens is 3. The number of fused-ring (bicyclic) bond motifs is 1. The van der Waals surface area contributed by atoms with E-state index < -0.39 is 0 Å². The number of oxazole rings is 1. The van der Waals surface area contributed by atoms with Gasteiger partial charge in [-0.3, -0.25) is 0 Å². The van der Waals surface area contributed by atoms with E-state index in [2.05, 4.69) is 15.0 Å². The first-order valence-corrected chi connectivity index (χ1v) is 7.16. The van der Waals surface area contributed by atoms with Crippen molar-refractivity contribution in [3.63, 3.8) is 0 Å². The lowest BCUT2D eigenvalue weighted by atomic mass is 10.1. The Kier molecular flexibility index (Phi) is 3.24. The molecule has 0 saturated carbocycles. The van der Waals surface area contributed by atoms with E-state index in [1.807, 2.05) is 42.5 Å². The zero-order valence-corrected chi connectivity index (χ0v) is 12.4. The van der Waals surface area contributed by atoms with E-state index in [9.17, 15) is 0 Å². The van der Waals surface area contributed by atoms with E-state index in [-0.39, 0.29) is 0 Å². The SMILES string of the molecule is COc1cc(-c2nc3ccccc3o2)ccc1-c1ncccn1. The predicted molar refractivity (Wildman–Crippen MR) is 87.0 cm³/mol. The average Bonchev–Trinajstić information content (AvgIpc) is 3.06. The van der Waals surface area contributed by atoms with Crippen molar-refractivity contribution >= 4 is 11.1 Å². The Labute approximate surface area is 132 Å². The first-order valence-electron chi connectivity index (χ1n) is 7.16. The maximum atomic E-state index is 5.80. The largest absolute Gasteiger partial charge is 0.496 e. The number of hydrogen-bond donors (Lipinski definition) is 0. The molecule has 0 spiro atoms. The number of benzene rings is 2. The second-order valence-corrected chi connectivity index (χ2v) is 4.97. The van der Waals surface area contributed by atoms with Gasteiger partial charge in [0.2, 0.25) is 5.89 Å². The van der Waals surface area contributed by atoms with E-state index in [1.165, 1.54) is 0 Å². The molecule has 0 bridgehead atoms. The second-order valence-electron chi connectivity index (χ2n) is 4.97. The van der Waals surface area contributed by atoms with Crippen LogP contribution in [0.4, 0.5) is 0 Å². The van der Waals surface area contributed by atoms with Gasteiger partial charge in [-0.1, -0.05) is 12.1 Å². The van der Waals surface area contributed by atoms with E-state index >= 15 is 0 Å². The monoisotopic (exact) mass is 303 g/mol. The van der Waals surface area contributed by atoms with Crippen molar-refractivity contribution in [3.05, 3.63) is 60.9 Å². The van der Waals surface area contributed by atoms with Crippen LogP contribution < -0.4 is 4.74 Å². The molecule has 5 heteroatoms. The van der Waals surface area contributed by atoms with Gasteiger partial charge >= 0.3 is 0 Å². The van der Waals surface area contributed by atoms with Crippen molar-refractivity contribution in [3.8, 4) is 28.6 Å². The number of para-hydroxylation sites is 2. The fourth-order valence-corrected chi connectivity index (χ4v) is 2.44. The van der Waals surface area contributed by atoms with Crippen molar-refractivity contribution in [1.82, 2.24) is 15.0 Å². The first kappa shape index (κ1) is 13.5. The Hall–Kier alpha value is -3.21. The minimum atomic E-state index is 0.560. The molecule has 0 unspecified atom stereocenters. The van der Waals surface area contributed by atoms with Gasteiger partial charge in [-0.05, 0) is 36.4 Å². The van der Waals surface area contributed by atoms with Gasteiger partial charge in [0.05, 0.1) is 12.7 Å². The topological polar surface area (TPSA) is 61.0 Å². The fraction of sp³-hybridized carbons (Fsp3) is 0.0556. The molecule has 0 aliphatic carbocycles. The van der Waals surface area contributed by atoms with E-state index in [0.29, 0.717) is 17.5 Å². The van der Waals surface area contributed by atoms with Gasteiger partial charge in [-0.25, -0.2) is 15.0 Å². The van der Waals surface area contributed by atoms with Crippen molar-refractivity contribution in [1.29, 1.82) is 0 Å². The van der Waals surface area contributed by atoms with Crippen LogP contribution in [0.3, 0.4) is 0 Å². The summed E-state index contributed by atoms with van der Waals surface area (Å²) in [7, 11) is 1.62. The highest BCUT2D eigenvalue weighted by molar-refractivity contribution is 5.77. The van der Waals surface area contributed by atoms with Crippen LogP contribution >= 0.6 is 0 Å². The van der Waals surface area contributed by atoms with Crippen LogP contribution in [-0.4, -0.2) is 22.1 Å². The summed E-state index contributed by atoms with van der Waals surface area (Å²) < 4.78 is 11.3. The molecule has 2 aromatic carbocycles. The molecule has 2 heterocycles. The van der Waals surface area contributed by atoms with Crippen molar-refractivity contribution in [2.24, 2.45) is 0 Å². The molecule has 2 aromatic heterocycles. The number of nitrogens with zero attached hydrogens (tertiary/aromatic N) is 3. The molecular formula is C18H13N3O2. The number of rotatable bonds is 3. The molecule has 112 valence electrons. The Morgan fingerprint density at radius 2 is 1.78 bits per heavy atom. The summed E-state index contributed by atoms with van der Waals surface area (Å²) in [6.07, 6.45) is 3.41.